The van der Waals surface area contributed by atoms with Gasteiger partial charge in [0.2, 0.25) is 0 Å². The van der Waals surface area contributed by atoms with Gasteiger partial charge in [0.25, 0.3) is 0 Å². The van der Waals surface area contributed by atoms with Crippen LogP contribution in [0.15, 0.2) is 0 Å². The maximum Gasteiger partial charge on any atom is 0.402 e. The number of amides is 1. The van der Waals surface area contributed by atoms with Gasteiger partial charge in [-0.2, -0.15) is 0 Å². The number of nitrogens with two attached hydrogens (primary N) is 1. The number of hydrogen-bond acceptors (Lipinski definition) is 5. The SMILES string of the molecule is NC(=O)O.O=P(CO)(CO)CO. The van der Waals surface area contributed by atoms with Gasteiger partial charge in [0.15, 0.2) is 7.14 Å². The molecule has 1 amide bonds. The highest BCUT2D eigenvalue weighted by Crippen LogP contribution is 2.40. The Morgan fingerprint density at radius 2 is 1.33 bits per heavy atom. The van der Waals surface area contributed by atoms with E-state index in [2.05, 4.69) is 5.73 Å². The molecule has 0 aromatic heterocycles. The summed E-state index contributed by atoms with van der Waals surface area (Å²) >= 11 is 0. The third-order valence-electron chi connectivity index (χ3n) is 0.773. The molecule has 0 saturated carbocycles. The molecule has 0 aliphatic rings. The van der Waals surface area contributed by atoms with Crippen LogP contribution in [0, 0.1) is 0 Å². The first-order valence-corrected chi connectivity index (χ1v) is 5.06. The second-order valence-electron chi connectivity index (χ2n) is 1.82. The number of rotatable bonds is 3. The summed E-state index contributed by atoms with van der Waals surface area (Å²) in [4.78, 5) is 8.78. The average Bonchev–Trinajstić information content (AvgIpc) is 2.02. The van der Waals surface area contributed by atoms with Crippen molar-refractivity contribution in [3.8, 4) is 0 Å². The van der Waals surface area contributed by atoms with E-state index in [1.54, 1.807) is 0 Å². The third-order valence-corrected chi connectivity index (χ3v) is 2.32. The lowest BCUT2D eigenvalue weighted by atomic mass is 11.3. The highest BCUT2D eigenvalue weighted by molar-refractivity contribution is 7.63. The van der Waals surface area contributed by atoms with E-state index < -0.39 is 32.3 Å². The number of hydrogen-bond donors (Lipinski definition) is 5. The lowest BCUT2D eigenvalue weighted by Crippen LogP contribution is -2.03. The fourth-order valence-electron chi connectivity index (χ4n) is 0.134. The second-order valence-corrected chi connectivity index (χ2v) is 4.79. The minimum atomic E-state index is -3.00. The fourth-order valence-corrected chi connectivity index (χ4v) is 0.402. The van der Waals surface area contributed by atoms with E-state index in [4.69, 9.17) is 25.2 Å². The molecule has 0 radical (unpaired) electrons. The van der Waals surface area contributed by atoms with Gasteiger partial charge in [0.05, 0.1) is 0 Å². The van der Waals surface area contributed by atoms with E-state index in [1.165, 1.54) is 0 Å². The quantitative estimate of drug-likeness (QED) is 0.364. The predicted octanol–water partition coefficient (Wildman–Crippen LogP) is -1.18. The first-order valence-electron chi connectivity index (χ1n) is 2.80. The molecule has 0 heterocycles. The van der Waals surface area contributed by atoms with Gasteiger partial charge in [-0.3, -0.25) is 0 Å². The Balaban J connectivity index is 0. The van der Waals surface area contributed by atoms with E-state index in [9.17, 15) is 4.57 Å². The molecular weight excluding hydrogens is 189 g/mol. The zero-order chi connectivity index (χ0) is 10.2. The van der Waals surface area contributed by atoms with Gasteiger partial charge >= 0.3 is 6.09 Å². The smallest absolute Gasteiger partial charge is 0.402 e. The van der Waals surface area contributed by atoms with Crippen molar-refractivity contribution in [1.82, 2.24) is 0 Å². The Bertz CT molecular complexity index is 148. The monoisotopic (exact) mass is 201 g/mol. The van der Waals surface area contributed by atoms with Crippen LogP contribution in [-0.4, -0.2) is 45.6 Å². The zero-order valence-electron chi connectivity index (χ0n) is 6.25. The van der Waals surface area contributed by atoms with Crippen LogP contribution in [0.4, 0.5) is 4.79 Å². The molecule has 0 aromatic rings. The molecule has 7 nitrogen and oxygen atoms in total. The van der Waals surface area contributed by atoms with Gasteiger partial charge in [-0.15, -0.1) is 0 Å². The highest BCUT2D eigenvalue weighted by Gasteiger charge is 2.16. The largest absolute Gasteiger partial charge is 0.465 e. The fraction of sp³-hybridized carbons (Fsp3) is 0.750. The molecular formula is C4H12NO6P. The normalized spacial score (nSPS) is 9.92. The van der Waals surface area contributed by atoms with Crippen LogP contribution < -0.4 is 5.73 Å². The van der Waals surface area contributed by atoms with Crippen molar-refractivity contribution in [2.24, 2.45) is 5.73 Å². The molecule has 0 bridgehead atoms. The summed E-state index contributed by atoms with van der Waals surface area (Å²) in [6.07, 6.45) is -3.21. The maximum atomic E-state index is 10.6. The number of carboxylic acid groups (broad SMARTS) is 1. The summed E-state index contributed by atoms with van der Waals surface area (Å²) in [6, 6.07) is 0. The molecule has 8 heteroatoms. The van der Waals surface area contributed by atoms with Crippen LogP contribution in [-0.2, 0) is 4.57 Å². The van der Waals surface area contributed by atoms with E-state index in [0.29, 0.717) is 0 Å². The minimum absolute atomic E-state index is 0.625. The predicted molar refractivity (Wildman–Crippen MR) is 41.1 cm³/mol. The van der Waals surface area contributed by atoms with Crippen molar-refractivity contribution in [3.63, 3.8) is 0 Å². The Kier molecular flexibility index (Phi) is 8.19. The summed E-state index contributed by atoms with van der Waals surface area (Å²) < 4.78 is 10.6. The van der Waals surface area contributed by atoms with Crippen molar-refractivity contribution in [2.75, 3.05) is 19.0 Å². The lowest BCUT2D eigenvalue weighted by molar-refractivity contribution is 0.205. The van der Waals surface area contributed by atoms with Crippen LogP contribution in [0.1, 0.15) is 0 Å². The van der Waals surface area contributed by atoms with E-state index >= 15 is 0 Å². The molecule has 0 saturated heterocycles. The van der Waals surface area contributed by atoms with Gasteiger partial charge in [0, 0.05) is 0 Å². The van der Waals surface area contributed by atoms with Crippen molar-refractivity contribution in [2.45, 2.75) is 0 Å². The lowest BCUT2D eigenvalue weighted by Gasteiger charge is -2.05. The Morgan fingerprint density at radius 1 is 1.17 bits per heavy atom. The van der Waals surface area contributed by atoms with Gasteiger partial charge < -0.3 is 30.7 Å². The minimum Gasteiger partial charge on any atom is -0.465 e. The van der Waals surface area contributed by atoms with E-state index in [-0.39, 0.29) is 0 Å². The first-order chi connectivity index (χ1) is 5.41. The second kappa shape index (κ2) is 7.05. The van der Waals surface area contributed by atoms with Gasteiger partial charge in [-0.1, -0.05) is 0 Å². The van der Waals surface area contributed by atoms with Crippen LogP contribution in [0.25, 0.3) is 0 Å². The molecule has 0 aromatic carbocycles. The molecule has 0 unspecified atom stereocenters. The van der Waals surface area contributed by atoms with Crippen molar-refractivity contribution < 1.29 is 29.8 Å². The Morgan fingerprint density at radius 3 is 1.33 bits per heavy atom. The standard InChI is InChI=1S/C3H9O4P.CH3NO2/c4-1-8(7,2-5)3-6;2-1(3)4/h4-6H,1-3H2;2H2,(H,3,4). The zero-order valence-corrected chi connectivity index (χ0v) is 7.15. The van der Waals surface area contributed by atoms with Crippen molar-refractivity contribution in [3.05, 3.63) is 0 Å². The maximum absolute atomic E-state index is 10.6. The average molecular weight is 201 g/mol. The van der Waals surface area contributed by atoms with Crippen LogP contribution in [0.5, 0.6) is 0 Å². The van der Waals surface area contributed by atoms with Gasteiger partial charge in [-0.05, 0) is 0 Å². The molecule has 0 atom stereocenters. The van der Waals surface area contributed by atoms with Crippen LogP contribution in [0.2, 0.25) is 0 Å². The molecule has 0 aliphatic heterocycles. The molecule has 0 fully saturated rings. The Hall–Kier alpha value is -0.620. The molecule has 0 spiro atoms. The van der Waals surface area contributed by atoms with Gasteiger partial charge in [0.1, 0.15) is 19.0 Å². The van der Waals surface area contributed by atoms with Crippen LogP contribution >= 0.6 is 7.14 Å². The summed E-state index contributed by atoms with van der Waals surface area (Å²) in [7, 11) is -3.00. The van der Waals surface area contributed by atoms with E-state index in [0.717, 1.165) is 0 Å². The van der Waals surface area contributed by atoms with Crippen molar-refractivity contribution in [1.29, 1.82) is 0 Å². The molecule has 12 heavy (non-hydrogen) atoms. The summed E-state index contributed by atoms with van der Waals surface area (Å²) in [5.41, 5.74) is 4.03. The summed E-state index contributed by atoms with van der Waals surface area (Å²) in [5.74, 6) is 0. The number of aliphatic hydroxyl groups excluding tert-OH is 3. The third kappa shape index (κ3) is 9.38. The molecule has 6 N–H and O–H groups in total. The van der Waals surface area contributed by atoms with Crippen molar-refractivity contribution >= 4 is 13.2 Å². The number of aliphatic hydroxyl groups is 3. The van der Waals surface area contributed by atoms with E-state index in [1.807, 2.05) is 0 Å². The highest BCUT2D eigenvalue weighted by atomic mass is 31.2. The Labute approximate surface area is 68.8 Å². The topological polar surface area (TPSA) is 141 Å². The summed E-state index contributed by atoms with van der Waals surface area (Å²) in [6.45, 7) is 0. The number of carbonyl (C=O) groups is 1. The number of primary amides is 1. The summed E-state index contributed by atoms with van der Waals surface area (Å²) in [5, 5.41) is 31.8. The first kappa shape index (κ1) is 13.9. The molecule has 74 valence electrons. The van der Waals surface area contributed by atoms with Crippen LogP contribution in [0.3, 0.4) is 0 Å². The molecule has 0 rings (SSSR count). The van der Waals surface area contributed by atoms with Gasteiger partial charge in [-0.25, -0.2) is 4.79 Å². The molecule has 0 aliphatic carbocycles.